The average molecular weight is 430 g/mol. The van der Waals surface area contributed by atoms with Crippen LogP contribution in [0.5, 0.6) is 0 Å². The third kappa shape index (κ3) is 4.44. The Bertz CT molecular complexity index is 1050. The molecule has 9 heteroatoms. The van der Waals surface area contributed by atoms with Crippen LogP contribution in [0.1, 0.15) is 12.8 Å². The van der Waals surface area contributed by atoms with Gasteiger partial charge in [0.15, 0.2) is 5.13 Å². The number of nitrogens with zero attached hydrogens (tertiary/aromatic N) is 3. The molecule has 0 bridgehead atoms. The summed E-state index contributed by atoms with van der Waals surface area (Å²) >= 11 is 7.32. The minimum atomic E-state index is -0.290. The first kappa shape index (κ1) is 19.5. The molecule has 7 nitrogen and oxygen atoms in total. The molecule has 3 N–H and O–H groups in total. The second-order valence-electron chi connectivity index (χ2n) is 6.78. The van der Waals surface area contributed by atoms with Crippen molar-refractivity contribution in [1.29, 1.82) is 0 Å². The Morgan fingerprint density at radius 1 is 1.28 bits per heavy atom. The molecule has 0 atom stereocenters. The quantitative estimate of drug-likeness (QED) is 0.636. The van der Waals surface area contributed by atoms with Crippen LogP contribution >= 0.6 is 22.9 Å². The first-order valence-electron chi connectivity index (χ1n) is 9.27. The molecule has 1 saturated heterocycles. The van der Waals surface area contributed by atoms with Crippen LogP contribution in [0.15, 0.2) is 42.5 Å². The van der Waals surface area contributed by atoms with E-state index in [-0.39, 0.29) is 11.9 Å². The van der Waals surface area contributed by atoms with Gasteiger partial charge in [0.25, 0.3) is 0 Å². The monoisotopic (exact) mass is 429 g/mol. The maximum atomic E-state index is 13.1. The molecule has 3 aromatic rings. The number of halogens is 1. The Balaban J connectivity index is 1.58. The maximum Gasteiger partial charge on any atom is 0.326 e. The van der Waals surface area contributed by atoms with Crippen LogP contribution in [0.3, 0.4) is 0 Å². The predicted octanol–water partition coefficient (Wildman–Crippen LogP) is 4.19. The fourth-order valence-corrected chi connectivity index (χ4v) is 4.18. The summed E-state index contributed by atoms with van der Waals surface area (Å²) in [6, 6.07) is 12.2. The van der Waals surface area contributed by atoms with Gasteiger partial charge in [-0.05, 0) is 48.9 Å². The van der Waals surface area contributed by atoms with Crippen molar-refractivity contribution < 1.29 is 9.59 Å². The summed E-state index contributed by atoms with van der Waals surface area (Å²) in [7, 11) is 0. The molecule has 0 radical (unpaired) electrons. The van der Waals surface area contributed by atoms with Gasteiger partial charge < -0.3 is 16.0 Å². The molecule has 29 heavy (non-hydrogen) atoms. The molecule has 1 aliphatic heterocycles. The lowest BCUT2D eigenvalue weighted by atomic mass is 10.2. The van der Waals surface area contributed by atoms with Gasteiger partial charge in [-0.25, -0.2) is 9.78 Å². The Morgan fingerprint density at radius 3 is 2.79 bits per heavy atom. The van der Waals surface area contributed by atoms with E-state index in [1.54, 1.807) is 34.1 Å². The number of nitrogen functional groups attached to an aromatic ring is 1. The highest BCUT2D eigenvalue weighted by atomic mass is 35.5. The molecular formula is C20H20ClN5O2S. The second kappa shape index (κ2) is 8.26. The van der Waals surface area contributed by atoms with Crippen molar-refractivity contribution in [3.63, 3.8) is 0 Å². The lowest BCUT2D eigenvalue weighted by molar-refractivity contribution is -0.127. The number of carbonyl (C=O) groups excluding carboxylic acids is 2. The summed E-state index contributed by atoms with van der Waals surface area (Å²) in [5.74, 6) is 0.130. The zero-order valence-corrected chi connectivity index (χ0v) is 17.2. The van der Waals surface area contributed by atoms with Gasteiger partial charge in [-0.1, -0.05) is 22.9 Å². The molecule has 1 fully saturated rings. The summed E-state index contributed by atoms with van der Waals surface area (Å²) in [6.45, 7) is 1.58. The van der Waals surface area contributed by atoms with Crippen molar-refractivity contribution in [1.82, 2.24) is 9.88 Å². The lowest BCUT2D eigenvalue weighted by Gasteiger charge is -2.26. The van der Waals surface area contributed by atoms with Gasteiger partial charge in [0.05, 0.1) is 10.2 Å². The summed E-state index contributed by atoms with van der Waals surface area (Å²) in [5.41, 5.74) is 7.88. The number of thiazole rings is 1. The molecule has 0 aliphatic carbocycles. The zero-order chi connectivity index (χ0) is 20.4. The van der Waals surface area contributed by atoms with Crippen LogP contribution < -0.4 is 16.0 Å². The van der Waals surface area contributed by atoms with E-state index in [0.29, 0.717) is 41.0 Å². The minimum absolute atomic E-state index is 0.130. The van der Waals surface area contributed by atoms with Crippen LogP contribution in [0, 0.1) is 0 Å². The first-order valence-corrected chi connectivity index (χ1v) is 10.5. The van der Waals surface area contributed by atoms with Gasteiger partial charge in [-0.2, -0.15) is 0 Å². The second-order valence-corrected chi connectivity index (χ2v) is 8.28. The van der Waals surface area contributed by atoms with E-state index in [2.05, 4.69) is 10.3 Å². The number of urea groups is 1. The number of likely N-dealkylation sites (tertiary alicyclic amines) is 1. The van der Waals surface area contributed by atoms with E-state index in [9.17, 15) is 9.59 Å². The van der Waals surface area contributed by atoms with Crippen LogP contribution in [-0.2, 0) is 4.79 Å². The highest BCUT2D eigenvalue weighted by Gasteiger charge is 2.23. The van der Waals surface area contributed by atoms with Gasteiger partial charge in [0.1, 0.15) is 0 Å². The molecular weight excluding hydrogens is 410 g/mol. The van der Waals surface area contributed by atoms with Crippen molar-refractivity contribution in [3.05, 3.63) is 47.5 Å². The summed E-state index contributed by atoms with van der Waals surface area (Å²) in [6.07, 6.45) is 1.43. The standard InChI is InChI=1S/C20H20ClN5O2S/c21-13-3-5-14(6-4-13)23-20(28)26(11-10-25-9-1-2-18(25)27)15-7-8-17-16(12-15)24-19(22)29-17/h3-8,12H,1-2,9-11H2,(H2,22,24)(H,23,28). The minimum Gasteiger partial charge on any atom is -0.375 e. The van der Waals surface area contributed by atoms with Gasteiger partial charge in [0.2, 0.25) is 5.91 Å². The number of hydrogen-bond acceptors (Lipinski definition) is 5. The number of benzene rings is 2. The molecule has 0 spiro atoms. The van der Waals surface area contributed by atoms with Crippen molar-refractivity contribution in [2.24, 2.45) is 0 Å². The normalized spacial score (nSPS) is 13.8. The topological polar surface area (TPSA) is 91.6 Å². The number of nitrogens with one attached hydrogen (secondary N) is 1. The molecule has 2 heterocycles. The number of amides is 3. The number of anilines is 3. The summed E-state index contributed by atoms with van der Waals surface area (Å²) < 4.78 is 0.957. The Morgan fingerprint density at radius 2 is 2.07 bits per heavy atom. The largest absolute Gasteiger partial charge is 0.375 e. The number of rotatable bonds is 5. The first-order chi connectivity index (χ1) is 14.0. The van der Waals surface area contributed by atoms with Gasteiger partial charge in [-0.15, -0.1) is 0 Å². The van der Waals surface area contributed by atoms with Crippen molar-refractivity contribution in [3.8, 4) is 0 Å². The number of carbonyl (C=O) groups is 2. The molecule has 0 saturated carbocycles. The van der Waals surface area contributed by atoms with Crippen molar-refractivity contribution in [2.45, 2.75) is 12.8 Å². The fourth-order valence-electron chi connectivity index (χ4n) is 3.33. The number of fused-ring (bicyclic) bond motifs is 1. The summed E-state index contributed by atoms with van der Waals surface area (Å²) in [4.78, 5) is 32.8. The highest BCUT2D eigenvalue weighted by molar-refractivity contribution is 7.22. The molecule has 150 valence electrons. The third-order valence-electron chi connectivity index (χ3n) is 4.80. The summed E-state index contributed by atoms with van der Waals surface area (Å²) in [5, 5.41) is 3.97. The van der Waals surface area contributed by atoms with E-state index < -0.39 is 0 Å². The smallest absolute Gasteiger partial charge is 0.326 e. The van der Waals surface area contributed by atoms with Crippen LogP contribution in [-0.4, -0.2) is 41.5 Å². The van der Waals surface area contributed by atoms with E-state index in [1.165, 1.54) is 11.3 Å². The van der Waals surface area contributed by atoms with Crippen LogP contribution in [0.25, 0.3) is 10.2 Å². The highest BCUT2D eigenvalue weighted by Crippen LogP contribution is 2.28. The Labute approximate surface area is 177 Å². The SMILES string of the molecule is Nc1nc2cc(N(CCN3CCCC3=O)C(=O)Nc3ccc(Cl)cc3)ccc2s1. The number of hydrogen-bond donors (Lipinski definition) is 2. The van der Waals surface area contributed by atoms with Crippen LogP contribution in [0.4, 0.5) is 21.3 Å². The third-order valence-corrected chi connectivity index (χ3v) is 5.92. The molecule has 1 aromatic heterocycles. The van der Waals surface area contributed by atoms with E-state index in [1.807, 2.05) is 18.2 Å². The van der Waals surface area contributed by atoms with Gasteiger partial charge in [0, 0.05) is 42.5 Å². The van der Waals surface area contributed by atoms with Crippen molar-refractivity contribution in [2.75, 3.05) is 35.6 Å². The molecule has 3 amide bonds. The molecule has 4 rings (SSSR count). The van der Waals surface area contributed by atoms with E-state index in [0.717, 1.165) is 23.2 Å². The number of nitrogens with two attached hydrogens (primary N) is 1. The zero-order valence-electron chi connectivity index (χ0n) is 15.6. The Kier molecular flexibility index (Phi) is 5.55. The predicted molar refractivity (Wildman–Crippen MR) is 118 cm³/mol. The molecule has 1 aliphatic rings. The van der Waals surface area contributed by atoms with Gasteiger partial charge in [-0.3, -0.25) is 9.69 Å². The number of aromatic nitrogens is 1. The maximum absolute atomic E-state index is 13.1. The molecule has 0 unspecified atom stereocenters. The lowest BCUT2D eigenvalue weighted by Crippen LogP contribution is -2.41. The van der Waals surface area contributed by atoms with Gasteiger partial charge >= 0.3 is 6.03 Å². The Hall–Kier alpha value is -2.84. The fraction of sp³-hybridized carbons (Fsp3) is 0.250. The van der Waals surface area contributed by atoms with E-state index >= 15 is 0 Å². The molecule has 2 aromatic carbocycles. The van der Waals surface area contributed by atoms with Crippen LogP contribution in [0.2, 0.25) is 5.02 Å². The van der Waals surface area contributed by atoms with Crippen molar-refractivity contribution >= 4 is 61.6 Å². The van der Waals surface area contributed by atoms with E-state index in [4.69, 9.17) is 17.3 Å². The average Bonchev–Trinajstić information content (AvgIpc) is 3.27.